The topological polar surface area (TPSA) is 196 Å². The molecule has 0 saturated carbocycles. The Hall–Kier alpha value is -5.28. The summed E-state index contributed by atoms with van der Waals surface area (Å²) >= 11 is 0. The first-order chi connectivity index (χ1) is 31.8. The van der Waals surface area contributed by atoms with E-state index in [0.717, 1.165) is 67.7 Å². The van der Waals surface area contributed by atoms with E-state index >= 15 is 9.59 Å². The van der Waals surface area contributed by atoms with Gasteiger partial charge >= 0.3 is 5.97 Å². The van der Waals surface area contributed by atoms with Gasteiger partial charge in [0.05, 0.1) is 25.0 Å². The van der Waals surface area contributed by atoms with Gasteiger partial charge in [0.2, 0.25) is 5.78 Å². The fourth-order valence-electron chi connectivity index (χ4n) is 11.2. The molecule has 7 unspecified atom stereocenters. The lowest BCUT2D eigenvalue weighted by molar-refractivity contribution is -0.150. The van der Waals surface area contributed by atoms with E-state index in [0.29, 0.717) is 49.9 Å². The molecule has 354 valence electrons. The predicted molar refractivity (Wildman–Crippen MR) is 259 cm³/mol. The summed E-state index contributed by atoms with van der Waals surface area (Å²) in [5.74, 6) is 0.346. The number of nitrogens with zero attached hydrogens (tertiary/aromatic N) is 1. The molecule has 1 aromatic carbocycles. The van der Waals surface area contributed by atoms with Crippen molar-refractivity contribution in [3.05, 3.63) is 118 Å². The number of hydrogen-bond donors (Lipinski definition) is 8. The van der Waals surface area contributed by atoms with Crippen LogP contribution in [0, 0.1) is 17.3 Å². The molecule has 0 bridgehead atoms. The van der Waals surface area contributed by atoms with E-state index < -0.39 is 28.5 Å². The van der Waals surface area contributed by atoms with Crippen molar-refractivity contribution in [2.24, 2.45) is 28.0 Å². The molecule has 8 rings (SSSR count). The van der Waals surface area contributed by atoms with Crippen LogP contribution in [-0.2, 0) is 20.7 Å². The van der Waals surface area contributed by atoms with E-state index in [2.05, 4.69) is 93.4 Å². The van der Waals surface area contributed by atoms with E-state index in [9.17, 15) is 4.79 Å². The molecule has 14 heteroatoms. The lowest BCUT2D eigenvalue weighted by Gasteiger charge is -2.38. The Morgan fingerprint density at radius 1 is 1.15 bits per heavy atom. The van der Waals surface area contributed by atoms with Gasteiger partial charge in [-0.25, -0.2) is 4.79 Å². The van der Waals surface area contributed by atoms with Crippen molar-refractivity contribution < 1.29 is 23.9 Å². The molecule has 7 atom stereocenters. The Morgan fingerprint density at radius 2 is 2.00 bits per heavy atom. The number of ketones is 2. The SMILES string of the molecule is CCNC1C=C2C=CCCC2CC1COC(=O)C12OC1(CC=C(C)CC1(C3=CCNC(NCNC)=C3)CCCNC(=NC)N1)C(=O)c1cccc(CC(C)(C)CC3=CNC(N)C=C3)c1C2=O. The van der Waals surface area contributed by atoms with Crippen molar-refractivity contribution in [2.75, 3.05) is 47.0 Å². The summed E-state index contributed by atoms with van der Waals surface area (Å²) in [5.41, 5.74) is 7.05. The number of allylic oxidation sites excluding steroid dienone is 5. The number of dihydropyridines is 2. The van der Waals surface area contributed by atoms with E-state index in [4.69, 9.17) is 15.2 Å². The highest BCUT2D eigenvalue weighted by Gasteiger charge is 2.85. The highest BCUT2D eigenvalue weighted by molar-refractivity contribution is 6.33. The molecule has 0 radical (unpaired) electrons. The van der Waals surface area contributed by atoms with Gasteiger partial charge in [0.15, 0.2) is 17.3 Å². The molecule has 7 aliphatic rings. The van der Waals surface area contributed by atoms with Gasteiger partial charge in [0.25, 0.3) is 5.60 Å². The molecular formula is C52H71N9O5. The molecule has 4 aliphatic heterocycles. The Bertz CT molecular complexity index is 2320. The normalized spacial score (nSPS) is 31.0. The van der Waals surface area contributed by atoms with Gasteiger partial charge in [-0.05, 0) is 118 Å². The molecule has 2 saturated heterocycles. The van der Waals surface area contributed by atoms with Crippen molar-refractivity contribution in [3.8, 4) is 0 Å². The van der Waals surface area contributed by atoms with Gasteiger partial charge in [-0.2, -0.15) is 0 Å². The van der Waals surface area contributed by atoms with Crippen molar-refractivity contribution in [1.82, 2.24) is 37.2 Å². The van der Waals surface area contributed by atoms with Gasteiger partial charge in [0.1, 0.15) is 5.82 Å². The van der Waals surface area contributed by atoms with Crippen LogP contribution in [0.25, 0.3) is 0 Å². The first-order valence-corrected chi connectivity index (χ1v) is 24.1. The van der Waals surface area contributed by atoms with Crippen molar-refractivity contribution in [2.45, 2.75) is 114 Å². The number of epoxide rings is 1. The summed E-state index contributed by atoms with van der Waals surface area (Å²) in [7, 11) is 3.67. The third kappa shape index (κ3) is 9.34. The number of benzene rings is 1. The predicted octanol–water partition coefficient (Wildman–Crippen LogP) is 4.86. The number of nitrogens with one attached hydrogen (secondary N) is 7. The van der Waals surface area contributed by atoms with E-state index in [1.54, 1.807) is 13.1 Å². The average molecular weight is 902 g/mol. The standard InChI is InChI=1S/C52H71N9O5/c1-7-56-41-25-36-13-9-8-12-35(36)24-38(41)31-65-47(64)52-46(63)44-37(29-49(3,4)28-34-16-17-42(53)59-30-34)14-10-15-40(44)45(62)51(52,66-52)21-18-33(2)27-50(20-11-22-58-48(55-6)61-50)39-19-23-57-43(26-39)60-32-54-5/h9-10,13-19,25-26,30,35,38,41-42,54,56-57,59-60H,7-8,11-12,20-24,27-29,31-32,53H2,1-6H3,(H2,55,58,61). The Labute approximate surface area is 390 Å². The van der Waals surface area contributed by atoms with Crippen LogP contribution in [0.1, 0.15) is 105 Å². The number of aliphatic imine (C=N–C) groups is 1. The van der Waals surface area contributed by atoms with Crippen LogP contribution in [0.2, 0.25) is 0 Å². The largest absolute Gasteiger partial charge is 0.463 e. The number of carbonyl (C=O) groups excluding carboxylic acids is 3. The second-order valence-corrected chi connectivity index (χ2v) is 20.0. The first-order valence-electron chi connectivity index (χ1n) is 24.1. The van der Waals surface area contributed by atoms with Crippen molar-refractivity contribution in [3.63, 3.8) is 0 Å². The molecule has 66 heavy (non-hydrogen) atoms. The number of hydrogen-bond acceptors (Lipinski definition) is 12. The Morgan fingerprint density at radius 3 is 2.77 bits per heavy atom. The maximum absolute atomic E-state index is 15.4. The van der Waals surface area contributed by atoms with Gasteiger partial charge in [-0.1, -0.05) is 81.0 Å². The van der Waals surface area contributed by atoms with Gasteiger partial charge in [-0.3, -0.25) is 14.6 Å². The molecule has 1 aromatic rings. The second kappa shape index (κ2) is 19.5. The lowest BCUT2D eigenvalue weighted by Crippen LogP contribution is -2.53. The molecule has 0 aromatic heterocycles. The number of rotatable bonds is 17. The van der Waals surface area contributed by atoms with Gasteiger partial charge in [0, 0.05) is 55.8 Å². The van der Waals surface area contributed by atoms with E-state index in [-0.39, 0.29) is 53.5 Å². The number of carbonyl (C=O) groups is 3. The number of likely N-dealkylation sites (N-methyl/N-ethyl adjacent to an activating group) is 1. The van der Waals surface area contributed by atoms with Gasteiger partial charge < -0.3 is 52.4 Å². The van der Waals surface area contributed by atoms with Crippen LogP contribution < -0.4 is 43.0 Å². The first kappa shape index (κ1) is 47.2. The van der Waals surface area contributed by atoms with Crippen LogP contribution in [0.4, 0.5) is 0 Å². The maximum Gasteiger partial charge on any atom is 0.350 e. The minimum Gasteiger partial charge on any atom is -0.463 e. The Balaban J connectivity index is 1.12. The fourth-order valence-corrected chi connectivity index (χ4v) is 11.2. The van der Waals surface area contributed by atoms with Crippen LogP contribution in [-0.4, -0.2) is 99.4 Å². The number of Topliss-reactive ketones (excluding diaryl/α,β-unsaturated/α-hetero) is 2. The minimum atomic E-state index is -2.11. The van der Waals surface area contributed by atoms with E-state index in [1.165, 1.54) is 5.57 Å². The molecular weight excluding hydrogens is 831 g/mol. The number of guanidine groups is 1. The van der Waals surface area contributed by atoms with Crippen molar-refractivity contribution >= 4 is 23.5 Å². The quantitative estimate of drug-likeness (QED) is 0.0348. The summed E-state index contributed by atoms with van der Waals surface area (Å²) in [6, 6.07) is 5.46. The maximum atomic E-state index is 15.4. The number of ether oxygens (including phenoxy) is 2. The van der Waals surface area contributed by atoms with E-state index in [1.807, 2.05) is 50.5 Å². The summed E-state index contributed by atoms with van der Waals surface area (Å²) in [6.07, 6.45) is 25.1. The second-order valence-electron chi connectivity index (χ2n) is 20.0. The lowest BCUT2D eigenvalue weighted by atomic mass is 9.69. The summed E-state index contributed by atoms with van der Waals surface area (Å²) in [4.78, 5) is 50.1. The van der Waals surface area contributed by atoms with Crippen LogP contribution in [0.3, 0.4) is 0 Å². The van der Waals surface area contributed by atoms with Crippen molar-refractivity contribution in [1.29, 1.82) is 0 Å². The third-order valence-electron chi connectivity index (χ3n) is 14.5. The number of fused-ring (bicyclic) bond motifs is 3. The zero-order valence-electron chi connectivity index (χ0n) is 39.7. The summed E-state index contributed by atoms with van der Waals surface area (Å²) < 4.78 is 12.8. The molecule has 0 amide bonds. The highest BCUT2D eigenvalue weighted by Crippen LogP contribution is 2.59. The fraction of sp³-hybridized carbons (Fsp3) is 0.538. The molecule has 9 N–H and O–H groups in total. The molecule has 3 aliphatic carbocycles. The minimum absolute atomic E-state index is 0.00142. The zero-order valence-corrected chi connectivity index (χ0v) is 39.7. The van der Waals surface area contributed by atoms with Crippen LogP contribution >= 0.6 is 0 Å². The van der Waals surface area contributed by atoms with Crippen LogP contribution in [0.15, 0.2) is 106 Å². The average Bonchev–Trinajstić information content (AvgIpc) is 4.06. The summed E-state index contributed by atoms with van der Waals surface area (Å²) in [6.45, 7) is 11.3. The Kier molecular flexibility index (Phi) is 14.0. The molecule has 0 spiro atoms. The van der Waals surface area contributed by atoms with Gasteiger partial charge in [-0.15, -0.1) is 0 Å². The molecule has 14 nitrogen and oxygen atoms in total. The monoisotopic (exact) mass is 902 g/mol. The molecule has 2 fully saturated rings. The molecule has 4 heterocycles. The van der Waals surface area contributed by atoms with Crippen LogP contribution in [0.5, 0.6) is 0 Å². The third-order valence-corrected chi connectivity index (χ3v) is 14.5. The summed E-state index contributed by atoms with van der Waals surface area (Å²) in [5, 5.41) is 23.9. The highest BCUT2D eigenvalue weighted by atomic mass is 16.7. The smallest absolute Gasteiger partial charge is 0.350 e. The number of nitrogens with two attached hydrogens (primary N) is 1. The number of esters is 1. The zero-order chi connectivity index (χ0) is 46.7.